The van der Waals surface area contributed by atoms with Crippen molar-refractivity contribution in [1.82, 2.24) is 5.32 Å². The van der Waals surface area contributed by atoms with Crippen molar-refractivity contribution in [3.05, 3.63) is 0 Å². The van der Waals surface area contributed by atoms with E-state index in [4.69, 9.17) is 4.74 Å². The van der Waals surface area contributed by atoms with Gasteiger partial charge in [0.05, 0.1) is 0 Å². The number of ether oxygens (including phenoxy) is 1. The summed E-state index contributed by atoms with van der Waals surface area (Å²) in [4.78, 5) is 11.1. The summed E-state index contributed by atoms with van der Waals surface area (Å²) in [7, 11) is 0. The maximum Gasteiger partial charge on any atom is 0.223 e. The van der Waals surface area contributed by atoms with Crippen LogP contribution >= 0.6 is 0 Å². The monoisotopic (exact) mass is 171 g/mol. The Morgan fingerprint density at radius 3 is 3.08 bits per heavy atom. The highest BCUT2D eigenvalue weighted by Crippen LogP contribution is 2.15. The fourth-order valence-electron chi connectivity index (χ4n) is 1.50. The maximum atomic E-state index is 11.1. The molecule has 1 N–H and O–H groups in total. The molecule has 1 atom stereocenters. The van der Waals surface area contributed by atoms with Gasteiger partial charge in [-0.05, 0) is 26.2 Å². The molecule has 1 rings (SSSR count). The topological polar surface area (TPSA) is 38.3 Å². The summed E-state index contributed by atoms with van der Waals surface area (Å²) in [6.07, 6.45) is 2.99. The number of amides is 1. The summed E-state index contributed by atoms with van der Waals surface area (Å²) < 4.78 is 5.20. The van der Waals surface area contributed by atoms with Crippen LogP contribution in [0.4, 0.5) is 0 Å². The van der Waals surface area contributed by atoms with Crippen molar-refractivity contribution in [1.29, 1.82) is 0 Å². The molecule has 0 aromatic carbocycles. The first kappa shape index (κ1) is 9.52. The van der Waals surface area contributed by atoms with Crippen molar-refractivity contribution in [3.63, 3.8) is 0 Å². The van der Waals surface area contributed by atoms with Crippen LogP contribution in [0.25, 0.3) is 0 Å². The van der Waals surface area contributed by atoms with Crippen LogP contribution < -0.4 is 5.32 Å². The molecule has 70 valence electrons. The Morgan fingerprint density at radius 1 is 1.67 bits per heavy atom. The number of carbonyl (C=O) groups is 1. The summed E-state index contributed by atoms with van der Waals surface area (Å²) in [6.45, 7) is 4.41. The maximum absolute atomic E-state index is 11.1. The molecule has 1 heterocycles. The zero-order valence-corrected chi connectivity index (χ0v) is 7.64. The predicted octanol–water partition coefficient (Wildman–Crippen LogP) is 0.939. The minimum absolute atomic E-state index is 0.228. The molecule has 1 fully saturated rings. The summed E-state index contributed by atoms with van der Waals surface area (Å²) in [6, 6.07) is 0. The van der Waals surface area contributed by atoms with Crippen LogP contribution in [0, 0.1) is 5.92 Å². The molecule has 0 spiro atoms. The van der Waals surface area contributed by atoms with Gasteiger partial charge in [0, 0.05) is 25.7 Å². The smallest absolute Gasteiger partial charge is 0.223 e. The average molecular weight is 171 g/mol. The second-order valence-corrected chi connectivity index (χ2v) is 3.12. The van der Waals surface area contributed by atoms with Crippen molar-refractivity contribution in [2.75, 3.05) is 19.8 Å². The molecule has 0 radical (unpaired) electrons. The number of carbonyl (C=O) groups excluding carboxylic acids is 1. The lowest BCUT2D eigenvalue weighted by Crippen LogP contribution is -2.19. The highest BCUT2D eigenvalue weighted by molar-refractivity contribution is 5.80. The minimum atomic E-state index is 0.228. The van der Waals surface area contributed by atoms with Crippen molar-refractivity contribution in [2.45, 2.75) is 26.2 Å². The van der Waals surface area contributed by atoms with Gasteiger partial charge < -0.3 is 10.1 Å². The van der Waals surface area contributed by atoms with Crippen LogP contribution in [-0.4, -0.2) is 25.7 Å². The van der Waals surface area contributed by atoms with E-state index in [1.165, 1.54) is 0 Å². The lowest BCUT2D eigenvalue weighted by Gasteiger charge is -2.05. The second-order valence-electron chi connectivity index (χ2n) is 3.12. The molecule has 12 heavy (non-hydrogen) atoms. The summed E-state index contributed by atoms with van der Waals surface area (Å²) in [5.41, 5.74) is 0. The van der Waals surface area contributed by atoms with Gasteiger partial charge in [0.25, 0.3) is 0 Å². The molecule has 0 aromatic heterocycles. The molecule has 0 bridgehead atoms. The largest absolute Gasteiger partial charge is 0.382 e. The van der Waals surface area contributed by atoms with Crippen molar-refractivity contribution in [3.8, 4) is 0 Å². The van der Waals surface area contributed by atoms with Gasteiger partial charge in [-0.2, -0.15) is 0 Å². The summed E-state index contributed by atoms with van der Waals surface area (Å²) in [5.74, 6) is 0.483. The fraction of sp³-hybridized carbons (Fsp3) is 0.889. The SMILES string of the molecule is CCOCCCC1CCNC1=O. The molecule has 1 unspecified atom stereocenters. The third-order valence-electron chi connectivity index (χ3n) is 2.21. The molecule has 0 aliphatic carbocycles. The van der Waals surface area contributed by atoms with Crippen molar-refractivity contribution in [2.24, 2.45) is 5.92 Å². The van der Waals surface area contributed by atoms with Crippen molar-refractivity contribution >= 4 is 5.91 Å². The summed E-state index contributed by atoms with van der Waals surface area (Å²) >= 11 is 0. The first-order valence-corrected chi connectivity index (χ1v) is 4.70. The average Bonchev–Trinajstić information content (AvgIpc) is 2.46. The van der Waals surface area contributed by atoms with Gasteiger partial charge in [0.1, 0.15) is 0 Å². The normalized spacial score (nSPS) is 22.8. The Morgan fingerprint density at radius 2 is 2.50 bits per heavy atom. The molecule has 0 aromatic rings. The molecule has 3 heteroatoms. The molecule has 1 aliphatic rings. The molecular weight excluding hydrogens is 154 g/mol. The molecule has 1 saturated heterocycles. The van der Waals surface area contributed by atoms with Crippen LogP contribution in [0.2, 0.25) is 0 Å². The van der Waals surface area contributed by atoms with E-state index in [2.05, 4.69) is 5.32 Å². The third-order valence-corrected chi connectivity index (χ3v) is 2.21. The Labute approximate surface area is 73.5 Å². The Hall–Kier alpha value is -0.570. The standard InChI is InChI=1S/C9H17NO2/c1-2-12-7-3-4-8-5-6-10-9(8)11/h8H,2-7H2,1H3,(H,10,11). The van der Waals surface area contributed by atoms with Crippen LogP contribution in [0.15, 0.2) is 0 Å². The third kappa shape index (κ3) is 2.81. The van der Waals surface area contributed by atoms with Gasteiger partial charge in [0.15, 0.2) is 0 Å². The first-order valence-electron chi connectivity index (χ1n) is 4.70. The van der Waals surface area contributed by atoms with E-state index in [9.17, 15) is 4.79 Å². The van der Waals surface area contributed by atoms with Gasteiger partial charge in [-0.15, -0.1) is 0 Å². The number of rotatable bonds is 5. The fourth-order valence-corrected chi connectivity index (χ4v) is 1.50. The zero-order valence-electron chi connectivity index (χ0n) is 7.64. The Balaban J connectivity index is 2.02. The van der Waals surface area contributed by atoms with E-state index in [0.717, 1.165) is 39.0 Å². The van der Waals surface area contributed by atoms with Crippen LogP contribution in [0.5, 0.6) is 0 Å². The van der Waals surface area contributed by atoms with Gasteiger partial charge in [-0.3, -0.25) is 4.79 Å². The molecule has 3 nitrogen and oxygen atoms in total. The second kappa shape index (κ2) is 5.14. The van der Waals surface area contributed by atoms with E-state index >= 15 is 0 Å². The van der Waals surface area contributed by atoms with E-state index < -0.39 is 0 Å². The van der Waals surface area contributed by atoms with E-state index in [1.807, 2.05) is 6.92 Å². The number of nitrogens with one attached hydrogen (secondary N) is 1. The highest BCUT2D eigenvalue weighted by atomic mass is 16.5. The van der Waals surface area contributed by atoms with E-state index in [0.29, 0.717) is 0 Å². The molecule has 0 saturated carbocycles. The molecule has 1 aliphatic heterocycles. The lowest BCUT2D eigenvalue weighted by atomic mass is 10.0. The van der Waals surface area contributed by atoms with Crippen LogP contribution in [0.1, 0.15) is 26.2 Å². The van der Waals surface area contributed by atoms with Gasteiger partial charge >= 0.3 is 0 Å². The molecule has 1 amide bonds. The Bertz CT molecular complexity index is 147. The number of hydrogen-bond acceptors (Lipinski definition) is 2. The van der Waals surface area contributed by atoms with Gasteiger partial charge in [-0.25, -0.2) is 0 Å². The number of hydrogen-bond donors (Lipinski definition) is 1. The highest BCUT2D eigenvalue weighted by Gasteiger charge is 2.22. The predicted molar refractivity (Wildman–Crippen MR) is 46.8 cm³/mol. The minimum Gasteiger partial charge on any atom is -0.382 e. The Kier molecular flexibility index (Phi) is 4.08. The summed E-state index contributed by atoms with van der Waals surface area (Å²) in [5, 5.41) is 2.83. The van der Waals surface area contributed by atoms with E-state index in [-0.39, 0.29) is 11.8 Å². The van der Waals surface area contributed by atoms with E-state index in [1.54, 1.807) is 0 Å². The lowest BCUT2D eigenvalue weighted by molar-refractivity contribution is -0.122. The van der Waals surface area contributed by atoms with Gasteiger partial charge in [0.2, 0.25) is 5.91 Å². The van der Waals surface area contributed by atoms with Gasteiger partial charge in [-0.1, -0.05) is 0 Å². The van der Waals surface area contributed by atoms with Crippen LogP contribution in [0.3, 0.4) is 0 Å². The quantitative estimate of drug-likeness (QED) is 0.625. The first-order chi connectivity index (χ1) is 5.84. The molecular formula is C9H17NO2. The van der Waals surface area contributed by atoms with Crippen molar-refractivity contribution < 1.29 is 9.53 Å². The zero-order chi connectivity index (χ0) is 8.81. The van der Waals surface area contributed by atoms with Crippen LogP contribution in [-0.2, 0) is 9.53 Å².